The predicted octanol–water partition coefficient (Wildman–Crippen LogP) is 0.283. The van der Waals surface area contributed by atoms with Crippen LogP contribution in [0, 0.1) is 0 Å². The van der Waals surface area contributed by atoms with Crippen LogP contribution in [0.1, 0.15) is 11.7 Å². The highest BCUT2D eigenvalue weighted by molar-refractivity contribution is 7.98. The Morgan fingerprint density at radius 1 is 1.77 bits per heavy atom. The van der Waals surface area contributed by atoms with Crippen LogP contribution in [0.5, 0.6) is 0 Å². The first-order chi connectivity index (χ1) is 6.15. The van der Waals surface area contributed by atoms with Crippen molar-refractivity contribution in [3.63, 3.8) is 0 Å². The van der Waals surface area contributed by atoms with Crippen molar-refractivity contribution in [1.29, 1.82) is 0 Å². The fourth-order valence-corrected chi connectivity index (χ4v) is 1.12. The minimum absolute atomic E-state index is 0.326. The summed E-state index contributed by atoms with van der Waals surface area (Å²) in [7, 11) is 0. The van der Waals surface area contributed by atoms with Crippen molar-refractivity contribution >= 4 is 17.7 Å². The first-order valence-electron chi connectivity index (χ1n) is 3.50. The third-order valence-corrected chi connectivity index (χ3v) is 1.98. The van der Waals surface area contributed by atoms with Crippen molar-refractivity contribution in [2.75, 3.05) is 6.26 Å². The van der Waals surface area contributed by atoms with Crippen molar-refractivity contribution < 1.29 is 9.90 Å². The third kappa shape index (κ3) is 2.40. The molecule has 0 aliphatic carbocycles. The molecule has 0 radical (unpaired) electrons. The van der Waals surface area contributed by atoms with E-state index in [1.54, 1.807) is 0 Å². The van der Waals surface area contributed by atoms with E-state index in [-0.39, 0.29) is 0 Å². The van der Waals surface area contributed by atoms with E-state index in [4.69, 9.17) is 10.8 Å². The molecule has 1 unspecified atom stereocenters. The maximum atomic E-state index is 10.5. The summed E-state index contributed by atoms with van der Waals surface area (Å²) in [6.45, 7) is 0. The van der Waals surface area contributed by atoms with Crippen molar-refractivity contribution in [1.82, 2.24) is 9.97 Å². The Kier molecular flexibility index (Phi) is 3.21. The van der Waals surface area contributed by atoms with Crippen LogP contribution < -0.4 is 5.73 Å². The molecule has 5 nitrogen and oxygen atoms in total. The molecule has 0 saturated heterocycles. The number of aliphatic carboxylic acids is 1. The molecule has 0 amide bonds. The zero-order valence-corrected chi connectivity index (χ0v) is 7.78. The number of thioether (sulfide) groups is 1. The lowest BCUT2D eigenvalue weighted by molar-refractivity contribution is -0.138. The highest BCUT2D eigenvalue weighted by Gasteiger charge is 2.15. The van der Waals surface area contributed by atoms with Gasteiger partial charge < -0.3 is 10.8 Å². The SMILES string of the molecule is CSc1nccc(C(N)C(=O)O)n1. The van der Waals surface area contributed by atoms with Crippen LogP contribution >= 0.6 is 11.8 Å². The molecule has 0 fully saturated rings. The highest BCUT2D eigenvalue weighted by atomic mass is 32.2. The van der Waals surface area contributed by atoms with Gasteiger partial charge in [-0.3, -0.25) is 4.79 Å². The molecule has 0 aliphatic heterocycles. The molecule has 1 rings (SSSR count). The van der Waals surface area contributed by atoms with Gasteiger partial charge in [-0.15, -0.1) is 0 Å². The number of nitrogens with two attached hydrogens (primary N) is 1. The van der Waals surface area contributed by atoms with Gasteiger partial charge in [0, 0.05) is 6.20 Å². The smallest absolute Gasteiger partial charge is 0.326 e. The van der Waals surface area contributed by atoms with Gasteiger partial charge in [-0.25, -0.2) is 9.97 Å². The van der Waals surface area contributed by atoms with Crippen LogP contribution in [-0.4, -0.2) is 27.3 Å². The van der Waals surface area contributed by atoms with Gasteiger partial charge in [0.2, 0.25) is 0 Å². The standard InChI is InChI=1S/C7H9N3O2S/c1-13-7-9-3-2-4(10-7)5(8)6(11)12/h2-3,5H,8H2,1H3,(H,11,12). The number of nitrogens with zero attached hydrogens (tertiary/aromatic N) is 2. The van der Waals surface area contributed by atoms with Crippen molar-refractivity contribution in [3.05, 3.63) is 18.0 Å². The summed E-state index contributed by atoms with van der Waals surface area (Å²) in [5, 5.41) is 9.13. The lowest BCUT2D eigenvalue weighted by Crippen LogP contribution is -2.22. The molecule has 6 heteroatoms. The van der Waals surface area contributed by atoms with Crippen LogP contribution in [0.2, 0.25) is 0 Å². The van der Waals surface area contributed by atoms with Gasteiger partial charge in [0.1, 0.15) is 6.04 Å². The summed E-state index contributed by atoms with van der Waals surface area (Å²) >= 11 is 1.34. The molecule has 3 N–H and O–H groups in total. The molecule has 0 saturated carbocycles. The van der Waals surface area contributed by atoms with E-state index < -0.39 is 12.0 Å². The maximum Gasteiger partial charge on any atom is 0.326 e. The van der Waals surface area contributed by atoms with Gasteiger partial charge in [0.25, 0.3) is 0 Å². The molecular formula is C7H9N3O2S. The molecule has 1 heterocycles. The van der Waals surface area contributed by atoms with Crippen LogP contribution in [0.3, 0.4) is 0 Å². The second-order valence-electron chi connectivity index (χ2n) is 2.28. The lowest BCUT2D eigenvalue weighted by atomic mass is 10.2. The number of carbonyl (C=O) groups is 1. The molecular weight excluding hydrogens is 190 g/mol. The Labute approximate surface area is 79.4 Å². The van der Waals surface area contributed by atoms with E-state index in [1.165, 1.54) is 24.0 Å². The molecule has 1 aromatic rings. The topological polar surface area (TPSA) is 89.1 Å². The Balaban J connectivity index is 2.94. The van der Waals surface area contributed by atoms with E-state index in [1.807, 2.05) is 6.26 Å². The maximum absolute atomic E-state index is 10.5. The fraction of sp³-hybridized carbons (Fsp3) is 0.286. The predicted molar refractivity (Wildman–Crippen MR) is 48.4 cm³/mol. The molecule has 0 aliphatic rings. The van der Waals surface area contributed by atoms with E-state index in [2.05, 4.69) is 9.97 Å². The molecule has 13 heavy (non-hydrogen) atoms. The minimum atomic E-state index is -1.09. The Morgan fingerprint density at radius 3 is 3.00 bits per heavy atom. The quantitative estimate of drug-likeness (QED) is 0.537. The summed E-state index contributed by atoms with van der Waals surface area (Å²) < 4.78 is 0. The second-order valence-corrected chi connectivity index (χ2v) is 3.06. The largest absolute Gasteiger partial charge is 0.480 e. The van der Waals surface area contributed by atoms with Crippen LogP contribution in [0.15, 0.2) is 17.4 Å². The summed E-state index contributed by atoms with van der Waals surface area (Å²) in [5.41, 5.74) is 5.69. The molecule has 1 aromatic heterocycles. The molecule has 70 valence electrons. The summed E-state index contributed by atoms with van der Waals surface area (Å²) in [5.74, 6) is -1.09. The van der Waals surface area contributed by atoms with Crippen LogP contribution in [-0.2, 0) is 4.79 Å². The van der Waals surface area contributed by atoms with Gasteiger partial charge in [-0.05, 0) is 12.3 Å². The fourth-order valence-electron chi connectivity index (χ4n) is 0.752. The number of rotatable bonds is 3. The molecule has 0 spiro atoms. The molecule has 1 atom stereocenters. The van der Waals surface area contributed by atoms with Crippen LogP contribution in [0.4, 0.5) is 0 Å². The Bertz CT molecular complexity index is 318. The minimum Gasteiger partial charge on any atom is -0.480 e. The first kappa shape index (κ1) is 9.94. The number of carboxylic acid groups (broad SMARTS) is 1. The third-order valence-electron chi connectivity index (χ3n) is 1.42. The lowest BCUT2D eigenvalue weighted by Gasteiger charge is -2.05. The van der Waals surface area contributed by atoms with E-state index in [0.29, 0.717) is 10.9 Å². The Hall–Kier alpha value is -1.14. The number of hydrogen-bond donors (Lipinski definition) is 2. The van der Waals surface area contributed by atoms with Crippen LogP contribution in [0.25, 0.3) is 0 Å². The number of aromatic nitrogens is 2. The number of hydrogen-bond acceptors (Lipinski definition) is 5. The van der Waals surface area contributed by atoms with Gasteiger partial charge in [0.15, 0.2) is 5.16 Å². The van der Waals surface area contributed by atoms with E-state index >= 15 is 0 Å². The average Bonchev–Trinajstić information content (AvgIpc) is 2.16. The van der Waals surface area contributed by atoms with Crippen molar-refractivity contribution in [2.24, 2.45) is 5.73 Å². The average molecular weight is 199 g/mol. The Morgan fingerprint density at radius 2 is 2.46 bits per heavy atom. The molecule has 0 aromatic carbocycles. The van der Waals surface area contributed by atoms with Gasteiger partial charge >= 0.3 is 5.97 Å². The van der Waals surface area contributed by atoms with Gasteiger partial charge in [0.05, 0.1) is 5.69 Å². The molecule has 0 bridgehead atoms. The highest BCUT2D eigenvalue weighted by Crippen LogP contribution is 2.11. The van der Waals surface area contributed by atoms with E-state index in [0.717, 1.165) is 0 Å². The first-order valence-corrected chi connectivity index (χ1v) is 4.73. The van der Waals surface area contributed by atoms with Gasteiger partial charge in [-0.1, -0.05) is 11.8 Å². The van der Waals surface area contributed by atoms with E-state index in [9.17, 15) is 4.79 Å². The zero-order chi connectivity index (χ0) is 9.84. The zero-order valence-electron chi connectivity index (χ0n) is 6.97. The summed E-state index contributed by atoms with van der Waals surface area (Å²) in [6, 6.07) is 0.423. The monoisotopic (exact) mass is 199 g/mol. The number of carboxylic acids is 1. The van der Waals surface area contributed by atoms with Gasteiger partial charge in [-0.2, -0.15) is 0 Å². The van der Waals surface area contributed by atoms with Crippen molar-refractivity contribution in [3.8, 4) is 0 Å². The normalized spacial score (nSPS) is 12.5. The van der Waals surface area contributed by atoms with Crippen molar-refractivity contribution in [2.45, 2.75) is 11.2 Å². The summed E-state index contributed by atoms with van der Waals surface area (Å²) in [4.78, 5) is 18.4. The second kappa shape index (κ2) is 4.20. The summed E-state index contributed by atoms with van der Waals surface area (Å²) in [6.07, 6.45) is 3.31.